The predicted octanol–water partition coefficient (Wildman–Crippen LogP) is 3.98. The molecule has 6 heteroatoms. The molecule has 2 aromatic carbocycles. The van der Waals surface area contributed by atoms with Crippen molar-refractivity contribution in [2.45, 2.75) is 17.2 Å². The molecule has 0 aliphatic carbocycles. The number of benzene rings is 2. The summed E-state index contributed by atoms with van der Waals surface area (Å²) in [5, 5.41) is 4.09. The van der Waals surface area contributed by atoms with Crippen LogP contribution in [0.5, 0.6) is 0 Å². The molecule has 0 bridgehead atoms. The molecule has 1 fully saturated rings. The van der Waals surface area contributed by atoms with E-state index in [1.54, 1.807) is 16.7 Å². The van der Waals surface area contributed by atoms with Gasteiger partial charge in [-0.1, -0.05) is 23.4 Å². The van der Waals surface area contributed by atoms with Gasteiger partial charge in [0.2, 0.25) is 17.6 Å². The highest BCUT2D eigenvalue weighted by Crippen LogP contribution is 2.32. The van der Waals surface area contributed by atoms with Crippen molar-refractivity contribution < 1.29 is 9.32 Å². The number of para-hydroxylation sites is 1. The van der Waals surface area contributed by atoms with Gasteiger partial charge < -0.3 is 9.42 Å². The number of anilines is 1. The third-order valence-corrected chi connectivity index (χ3v) is 5.08. The molecule has 1 aliphatic heterocycles. The number of carbonyl (C=O) groups excluding carboxylic acids is 1. The summed E-state index contributed by atoms with van der Waals surface area (Å²) in [6, 6.07) is 17.7. The Bertz CT molecular complexity index is 877. The lowest BCUT2D eigenvalue weighted by atomic mass is 10.1. The number of carbonyl (C=O) groups is 1. The third-order valence-electron chi connectivity index (χ3n) is 4.33. The van der Waals surface area contributed by atoms with Crippen molar-refractivity contribution in [2.75, 3.05) is 17.7 Å². The standard InChI is InChI=1S/C19H17N3O2S/c1-25-16-9-7-13(8-10-16)18-20-19(24-21-18)14-11-17(23)22(12-14)15-5-3-2-4-6-15/h2-10,14H,11-12H2,1H3. The molecule has 1 atom stereocenters. The first-order valence-corrected chi connectivity index (χ1v) is 9.30. The van der Waals surface area contributed by atoms with Gasteiger partial charge in [-0.15, -0.1) is 11.8 Å². The number of thioether (sulfide) groups is 1. The van der Waals surface area contributed by atoms with Crippen LogP contribution < -0.4 is 4.90 Å². The van der Waals surface area contributed by atoms with Crippen LogP contribution in [0, 0.1) is 0 Å². The molecule has 1 unspecified atom stereocenters. The van der Waals surface area contributed by atoms with E-state index in [-0.39, 0.29) is 11.8 Å². The van der Waals surface area contributed by atoms with Gasteiger partial charge in [0.1, 0.15) is 0 Å². The summed E-state index contributed by atoms with van der Waals surface area (Å²) in [5.41, 5.74) is 1.82. The minimum Gasteiger partial charge on any atom is -0.339 e. The van der Waals surface area contributed by atoms with Crippen molar-refractivity contribution in [3.05, 3.63) is 60.5 Å². The Morgan fingerprint density at radius 1 is 1.12 bits per heavy atom. The van der Waals surface area contributed by atoms with Crippen LogP contribution in [0.25, 0.3) is 11.4 Å². The van der Waals surface area contributed by atoms with Gasteiger partial charge in [0, 0.05) is 29.1 Å². The van der Waals surface area contributed by atoms with E-state index in [2.05, 4.69) is 10.1 Å². The molecule has 4 rings (SSSR count). The second kappa shape index (κ2) is 6.72. The average molecular weight is 351 g/mol. The molecule has 2 heterocycles. The smallest absolute Gasteiger partial charge is 0.232 e. The van der Waals surface area contributed by atoms with E-state index in [4.69, 9.17) is 4.52 Å². The van der Waals surface area contributed by atoms with Crippen molar-refractivity contribution in [2.24, 2.45) is 0 Å². The molecule has 0 spiro atoms. The SMILES string of the molecule is CSc1ccc(-c2noc(C3CC(=O)N(c4ccccc4)C3)n2)cc1. The van der Waals surface area contributed by atoms with Gasteiger partial charge in [0.05, 0.1) is 5.92 Å². The molecule has 0 saturated carbocycles. The normalized spacial score (nSPS) is 17.2. The van der Waals surface area contributed by atoms with Crippen molar-refractivity contribution in [3.63, 3.8) is 0 Å². The first kappa shape index (κ1) is 15.9. The first-order valence-electron chi connectivity index (χ1n) is 8.08. The van der Waals surface area contributed by atoms with Gasteiger partial charge in [0.15, 0.2) is 0 Å². The quantitative estimate of drug-likeness (QED) is 0.666. The zero-order valence-electron chi connectivity index (χ0n) is 13.8. The maximum Gasteiger partial charge on any atom is 0.232 e. The molecule has 3 aromatic rings. The zero-order valence-corrected chi connectivity index (χ0v) is 14.6. The fourth-order valence-electron chi connectivity index (χ4n) is 2.99. The Balaban J connectivity index is 1.53. The molecule has 1 aliphatic rings. The minimum atomic E-state index is -0.0700. The maximum atomic E-state index is 12.3. The fourth-order valence-corrected chi connectivity index (χ4v) is 3.40. The van der Waals surface area contributed by atoms with Gasteiger partial charge in [-0.2, -0.15) is 4.98 Å². The molecule has 1 aromatic heterocycles. The van der Waals surface area contributed by atoms with E-state index < -0.39 is 0 Å². The van der Waals surface area contributed by atoms with Crippen molar-refractivity contribution in [3.8, 4) is 11.4 Å². The van der Waals surface area contributed by atoms with Crippen LogP contribution in [0.1, 0.15) is 18.2 Å². The van der Waals surface area contributed by atoms with E-state index in [1.165, 1.54) is 4.90 Å². The molecule has 5 nitrogen and oxygen atoms in total. The Hall–Kier alpha value is -2.60. The number of rotatable bonds is 4. The summed E-state index contributed by atoms with van der Waals surface area (Å²) in [7, 11) is 0. The highest BCUT2D eigenvalue weighted by Gasteiger charge is 2.35. The summed E-state index contributed by atoms with van der Waals surface area (Å²) in [4.78, 5) is 19.8. The first-order chi connectivity index (χ1) is 12.2. The third kappa shape index (κ3) is 3.17. The Morgan fingerprint density at radius 3 is 2.60 bits per heavy atom. The van der Waals surface area contributed by atoms with Crippen LogP contribution in [-0.2, 0) is 4.79 Å². The van der Waals surface area contributed by atoms with E-state index in [0.29, 0.717) is 24.7 Å². The Kier molecular flexibility index (Phi) is 4.28. The summed E-state index contributed by atoms with van der Waals surface area (Å²) >= 11 is 1.69. The average Bonchev–Trinajstić information content (AvgIpc) is 3.29. The van der Waals surface area contributed by atoms with Crippen LogP contribution >= 0.6 is 11.8 Å². The van der Waals surface area contributed by atoms with Gasteiger partial charge in [-0.05, 0) is 42.7 Å². The molecule has 1 amide bonds. The van der Waals surface area contributed by atoms with Crippen molar-refractivity contribution in [1.29, 1.82) is 0 Å². The Morgan fingerprint density at radius 2 is 1.88 bits per heavy atom. The lowest BCUT2D eigenvalue weighted by Gasteiger charge is -2.15. The largest absolute Gasteiger partial charge is 0.339 e. The highest BCUT2D eigenvalue weighted by atomic mass is 32.2. The molecular weight excluding hydrogens is 334 g/mol. The lowest BCUT2D eigenvalue weighted by molar-refractivity contribution is -0.117. The number of hydrogen-bond donors (Lipinski definition) is 0. The summed E-state index contributed by atoms with van der Waals surface area (Å²) in [6.07, 6.45) is 2.43. The summed E-state index contributed by atoms with van der Waals surface area (Å²) < 4.78 is 5.45. The molecule has 0 radical (unpaired) electrons. The molecule has 25 heavy (non-hydrogen) atoms. The summed E-state index contributed by atoms with van der Waals surface area (Å²) in [5.74, 6) is 1.10. The van der Waals surface area contributed by atoms with Crippen LogP contribution in [0.15, 0.2) is 64.0 Å². The van der Waals surface area contributed by atoms with Gasteiger partial charge in [-0.3, -0.25) is 4.79 Å². The molecular formula is C19H17N3O2S. The Labute approximate surface area is 150 Å². The van der Waals surface area contributed by atoms with Crippen molar-refractivity contribution in [1.82, 2.24) is 10.1 Å². The number of hydrogen-bond acceptors (Lipinski definition) is 5. The highest BCUT2D eigenvalue weighted by molar-refractivity contribution is 7.98. The van der Waals surface area contributed by atoms with Gasteiger partial charge in [0.25, 0.3) is 0 Å². The number of aromatic nitrogens is 2. The van der Waals surface area contributed by atoms with Crippen molar-refractivity contribution >= 4 is 23.4 Å². The van der Waals surface area contributed by atoms with Crippen LogP contribution in [-0.4, -0.2) is 28.8 Å². The van der Waals surface area contributed by atoms with E-state index in [9.17, 15) is 4.79 Å². The number of nitrogens with zero attached hydrogens (tertiary/aromatic N) is 3. The van der Waals surface area contributed by atoms with E-state index >= 15 is 0 Å². The van der Waals surface area contributed by atoms with Crippen LogP contribution in [0.4, 0.5) is 5.69 Å². The van der Waals surface area contributed by atoms with E-state index in [1.807, 2.05) is 60.9 Å². The molecule has 0 N–H and O–H groups in total. The van der Waals surface area contributed by atoms with Gasteiger partial charge in [-0.25, -0.2) is 0 Å². The van der Waals surface area contributed by atoms with Gasteiger partial charge >= 0.3 is 0 Å². The maximum absolute atomic E-state index is 12.3. The van der Waals surface area contributed by atoms with E-state index in [0.717, 1.165) is 11.3 Å². The monoisotopic (exact) mass is 351 g/mol. The second-order valence-electron chi connectivity index (χ2n) is 5.93. The molecule has 126 valence electrons. The second-order valence-corrected chi connectivity index (χ2v) is 6.81. The van der Waals surface area contributed by atoms with Crippen LogP contribution in [0.3, 0.4) is 0 Å². The predicted molar refractivity (Wildman–Crippen MR) is 97.7 cm³/mol. The minimum absolute atomic E-state index is 0.0700. The zero-order chi connectivity index (χ0) is 17.2. The van der Waals surface area contributed by atoms with Crippen LogP contribution in [0.2, 0.25) is 0 Å². The summed E-state index contributed by atoms with van der Waals surface area (Å²) in [6.45, 7) is 0.565. The topological polar surface area (TPSA) is 59.2 Å². The fraction of sp³-hybridized carbons (Fsp3) is 0.211. The molecule has 1 saturated heterocycles. The number of amides is 1. The lowest BCUT2D eigenvalue weighted by Crippen LogP contribution is -2.24.